The number of benzene rings is 2. The average molecular weight is 420 g/mol. The third-order valence-corrected chi connectivity index (χ3v) is 4.71. The van der Waals surface area contributed by atoms with Gasteiger partial charge in [0.25, 0.3) is 5.91 Å². The molecule has 0 bridgehead atoms. The molecule has 0 saturated carbocycles. The summed E-state index contributed by atoms with van der Waals surface area (Å²) in [5.74, 6) is 2.18. The van der Waals surface area contributed by atoms with Crippen LogP contribution in [0.3, 0.4) is 0 Å². The summed E-state index contributed by atoms with van der Waals surface area (Å²) >= 11 is 0. The van der Waals surface area contributed by atoms with Crippen LogP contribution in [0.4, 0.5) is 5.69 Å². The minimum Gasteiger partial charge on any atom is -0.486 e. The predicted octanol–water partition coefficient (Wildman–Crippen LogP) is 3.04. The lowest BCUT2D eigenvalue weighted by molar-refractivity contribution is 0.0936. The average Bonchev–Trinajstić information content (AvgIpc) is 3.35. The number of nitrogens with zero attached hydrogens (tertiary/aromatic N) is 1. The molecule has 3 N–H and O–H groups in total. The molecule has 0 aliphatic carbocycles. The maximum Gasteiger partial charge on any atom is 0.291 e. The van der Waals surface area contributed by atoms with Crippen molar-refractivity contribution >= 4 is 17.6 Å². The number of carbonyl (C=O) groups is 1. The molecule has 3 aromatic rings. The predicted molar refractivity (Wildman–Crippen MR) is 118 cm³/mol. The molecule has 1 unspecified atom stereocenters. The molecule has 2 heterocycles. The number of amides is 1. The second-order valence-electron chi connectivity index (χ2n) is 6.93. The molecule has 1 atom stereocenters. The molecule has 31 heavy (non-hydrogen) atoms. The first-order chi connectivity index (χ1) is 15.2. The summed E-state index contributed by atoms with van der Waals surface area (Å²) in [6, 6.07) is 18.5. The molecule has 1 amide bonds. The Kier molecular flexibility index (Phi) is 6.37. The van der Waals surface area contributed by atoms with E-state index < -0.39 is 0 Å². The van der Waals surface area contributed by atoms with Crippen molar-refractivity contribution in [2.24, 2.45) is 4.99 Å². The lowest BCUT2D eigenvalue weighted by Crippen LogP contribution is -2.45. The van der Waals surface area contributed by atoms with Gasteiger partial charge in [0.2, 0.25) is 0 Å². The molecule has 8 nitrogen and oxygen atoms in total. The van der Waals surface area contributed by atoms with Gasteiger partial charge in [0.1, 0.15) is 12.7 Å². The van der Waals surface area contributed by atoms with E-state index in [0.717, 1.165) is 17.1 Å². The van der Waals surface area contributed by atoms with E-state index in [0.29, 0.717) is 31.3 Å². The molecule has 1 aliphatic rings. The van der Waals surface area contributed by atoms with Gasteiger partial charge in [0, 0.05) is 19.3 Å². The third kappa shape index (κ3) is 5.36. The van der Waals surface area contributed by atoms with E-state index in [-0.39, 0.29) is 17.8 Å². The number of ether oxygens (including phenoxy) is 2. The summed E-state index contributed by atoms with van der Waals surface area (Å²) in [5.41, 5.74) is 1.74. The standard InChI is InChI=1S/C23H24N4O4/c1-24-23(26-14-18-15-30-19-5-2-3-6-20(19)31-18)25-13-16-8-10-17(11-9-16)27-22(28)21-7-4-12-29-21/h2-12,18H,13-15H2,1H3,(H,27,28)(H2,24,25,26). The lowest BCUT2D eigenvalue weighted by atomic mass is 10.2. The topological polar surface area (TPSA) is 97.1 Å². The first-order valence-corrected chi connectivity index (χ1v) is 9.98. The van der Waals surface area contributed by atoms with E-state index in [4.69, 9.17) is 13.9 Å². The van der Waals surface area contributed by atoms with Gasteiger partial charge in [-0.2, -0.15) is 0 Å². The van der Waals surface area contributed by atoms with Crippen LogP contribution in [0.25, 0.3) is 0 Å². The number of furan rings is 1. The zero-order chi connectivity index (χ0) is 21.5. The maximum atomic E-state index is 12.0. The van der Waals surface area contributed by atoms with Crippen LogP contribution in [0.15, 0.2) is 76.3 Å². The Bertz CT molecular complexity index is 1030. The van der Waals surface area contributed by atoms with Crippen molar-refractivity contribution in [1.82, 2.24) is 10.6 Å². The van der Waals surface area contributed by atoms with Crippen LogP contribution in [0, 0.1) is 0 Å². The van der Waals surface area contributed by atoms with Crippen molar-refractivity contribution in [2.45, 2.75) is 12.6 Å². The largest absolute Gasteiger partial charge is 0.486 e. The zero-order valence-corrected chi connectivity index (χ0v) is 17.1. The normalized spacial score (nSPS) is 15.3. The number of guanidine groups is 1. The number of anilines is 1. The number of aliphatic imine (C=N–C) groups is 1. The van der Waals surface area contributed by atoms with Crippen LogP contribution in [0.2, 0.25) is 0 Å². The van der Waals surface area contributed by atoms with Gasteiger partial charge in [-0.15, -0.1) is 0 Å². The number of para-hydroxylation sites is 2. The maximum absolute atomic E-state index is 12.0. The van der Waals surface area contributed by atoms with Gasteiger partial charge >= 0.3 is 0 Å². The smallest absolute Gasteiger partial charge is 0.291 e. The van der Waals surface area contributed by atoms with Crippen LogP contribution < -0.4 is 25.4 Å². The second kappa shape index (κ2) is 9.71. The van der Waals surface area contributed by atoms with Crippen molar-refractivity contribution in [2.75, 3.05) is 25.5 Å². The first-order valence-electron chi connectivity index (χ1n) is 9.98. The Hall–Kier alpha value is -3.94. The number of carbonyl (C=O) groups excluding carboxylic acids is 1. The molecule has 160 valence electrons. The fourth-order valence-electron chi connectivity index (χ4n) is 3.09. The van der Waals surface area contributed by atoms with Gasteiger partial charge < -0.3 is 29.8 Å². The Morgan fingerprint density at radius 1 is 1.03 bits per heavy atom. The quantitative estimate of drug-likeness (QED) is 0.419. The van der Waals surface area contributed by atoms with E-state index in [1.165, 1.54) is 6.26 Å². The summed E-state index contributed by atoms with van der Waals surface area (Å²) in [7, 11) is 1.72. The van der Waals surface area contributed by atoms with Crippen LogP contribution in [0.5, 0.6) is 11.5 Å². The molecular weight excluding hydrogens is 396 g/mol. The van der Waals surface area contributed by atoms with Crippen molar-refractivity contribution in [1.29, 1.82) is 0 Å². The highest BCUT2D eigenvalue weighted by Crippen LogP contribution is 2.30. The fraction of sp³-hybridized carbons (Fsp3) is 0.217. The highest BCUT2D eigenvalue weighted by atomic mass is 16.6. The van der Waals surface area contributed by atoms with Crippen molar-refractivity contribution in [3.63, 3.8) is 0 Å². The summed E-state index contributed by atoms with van der Waals surface area (Å²) < 4.78 is 16.8. The van der Waals surface area contributed by atoms with Gasteiger partial charge in [0.05, 0.1) is 12.8 Å². The van der Waals surface area contributed by atoms with Crippen LogP contribution in [-0.4, -0.2) is 38.2 Å². The summed E-state index contributed by atoms with van der Waals surface area (Å²) in [6.07, 6.45) is 1.36. The number of hydrogen-bond donors (Lipinski definition) is 3. The molecular formula is C23H24N4O4. The molecule has 0 radical (unpaired) electrons. The SMILES string of the molecule is CN=C(NCc1ccc(NC(=O)c2ccco2)cc1)NCC1COc2ccccc2O1. The van der Waals surface area contributed by atoms with Crippen LogP contribution in [0.1, 0.15) is 16.1 Å². The molecule has 8 heteroatoms. The fourth-order valence-corrected chi connectivity index (χ4v) is 3.09. The summed E-state index contributed by atoms with van der Waals surface area (Å²) in [4.78, 5) is 16.3. The molecule has 1 aromatic heterocycles. The molecule has 0 spiro atoms. The Balaban J connectivity index is 1.23. The van der Waals surface area contributed by atoms with Crippen molar-refractivity contribution in [3.05, 3.63) is 78.3 Å². The number of nitrogens with one attached hydrogen (secondary N) is 3. The Labute approximate surface area is 180 Å². The monoisotopic (exact) mass is 420 g/mol. The van der Waals surface area contributed by atoms with Crippen LogP contribution >= 0.6 is 0 Å². The Morgan fingerprint density at radius 3 is 2.58 bits per heavy atom. The lowest BCUT2D eigenvalue weighted by Gasteiger charge is -2.27. The minimum absolute atomic E-state index is 0.106. The highest BCUT2D eigenvalue weighted by Gasteiger charge is 2.20. The zero-order valence-electron chi connectivity index (χ0n) is 17.1. The number of hydrogen-bond acceptors (Lipinski definition) is 5. The molecule has 2 aromatic carbocycles. The van der Waals surface area contributed by atoms with Crippen molar-refractivity contribution in [3.8, 4) is 11.5 Å². The molecule has 0 fully saturated rings. The minimum atomic E-state index is -0.281. The van der Waals surface area contributed by atoms with E-state index in [2.05, 4.69) is 20.9 Å². The Morgan fingerprint density at radius 2 is 1.84 bits per heavy atom. The van der Waals surface area contributed by atoms with E-state index in [1.54, 1.807) is 19.2 Å². The van der Waals surface area contributed by atoms with Gasteiger partial charge in [0.15, 0.2) is 23.2 Å². The third-order valence-electron chi connectivity index (χ3n) is 4.71. The number of fused-ring (bicyclic) bond motifs is 1. The van der Waals surface area contributed by atoms with E-state index in [9.17, 15) is 4.79 Å². The van der Waals surface area contributed by atoms with Crippen molar-refractivity contribution < 1.29 is 18.7 Å². The first kappa shape index (κ1) is 20.3. The summed E-state index contributed by atoms with van der Waals surface area (Å²) in [5, 5.41) is 9.32. The molecule has 1 aliphatic heterocycles. The van der Waals surface area contributed by atoms with E-state index >= 15 is 0 Å². The number of rotatable bonds is 6. The van der Waals surface area contributed by atoms with Gasteiger partial charge in [-0.1, -0.05) is 24.3 Å². The summed E-state index contributed by atoms with van der Waals surface area (Å²) in [6.45, 7) is 1.62. The van der Waals surface area contributed by atoms with Gasteiger partial charge in [-0.05, 0) is 42.0 Å². The highest BCUT2D eigenvalue weighted by molar-refractivity contribution is 6.02. The van der Waals surface area contributed by atoms with Gasteiger partial charge in [-0.3, -0.25) is 9.79 Å². The van der Waals surface area contributed by atoms with Crippen LogP contribution in [-0.2, 0) is 6.54 Å². The van der Waals surface area contributed by atoms with Gasteiger partial charge in [-0.25, -0.2) is 0 Å². The van der Waals surface area contributed by atoms with E-state index in [1.807, 2.05) is 48.5 Å². The second-order valence-corrected chi connectivity index (χ2v) is 6.93. The molecule has 4 rings (SSSR count). The molecule has 0 saturated heterocycles.